The first-order chi connectivity index (χ1) is 8.22. The van der Waals surface area contributed by atoms with Crippen LogP contribution in [0.1, 0.15) is 0 Å². The highest BCUT2D eigenvalue weighted by molar-refractivity contribution is 9.10. The molecule has 0 spiro atoms. The molecule has 0 saturated heterocycles. The average molecular weight is 289 g/mol. The van der Waals surface area contributed by atoms with Crippen molar-refractivity contribution in [3.8, 4) is 17.0 Å². The van der Waals surface area contributed by atoms with E-state index in [-0.39, 0.29) is 5.75 Å². The third-order valence-electron chi connectivity index (χ3n) is 2.59. The van der Waals surface area contributed by atoms with Gasteiger partial charge in [-0.3, -0.25) is 0 Å². The third-order valence-corrected chi connectivity index (χ3v) is 3.08. The topological polar surface area (TPSA) is 37.5 Å². The minimum absolute atomic E-state index is 0.264. The van der Waals surface area contributed by atoms with Gasteiger partial charge in [0.15, 0.2) is 0 Å². The Labute approximate surface area is 106 Å². The van der Waals surface area contributed by atoms with Crippen molar-refractivity contribution in [1.82, 2.24) is 9.38 Å². The van der Waals surface area contributed by atoms with Crippen molar-refractivity contribution < 1.29 is 5.11 Å². The Hall–Kier alpha value is -1.81. The molecule has 1 aromatic carbocycles. The number of rotatable bonds is 1. The van der Waals surface area contributed by atoms with Crippen LogP contribution >= 0.6 is 15.9 Å². The van der Waals surface area contributed by atoms with Gasteiger partial charge in [0.25, 0.3) is 0 Å². The van der Waals surface area contributed by atoms with Crippen LogP contribution in [-0.4, -0.2) is 14.5 Å². The lowest BCUT2D eigenvalue weighted by Crippen LogP contribution is -1.79. The SMILES string of the molecule is Oc1ccc(-c2cn3ccc(Br)cc3n2)cc1. The molecule has 0 saturated carbocycles. The van der Waals surface area contributed by atoms with Gasteiger partial charge in [0.2, 0.25) is 0 Å². The molecule has 0 amide bonds. The van der Waals surface area contributed by atoms with Gasteiger partial charge in [-0.15, -0.1) is 0 Å². The number of imidazole rings is 1. The summed E-state index contributed by atoms with van der Waals surface area (Å²) in [7, 11) is 0. The van der Waals surface area contributed by atoms with Gasteiger partial charge in [-0.2, -0.15) is 0 Å². The maximum absolute atomic E-state index is 9.25. The predicted molar refractivity (Wildman–Crippen MR) is 70.0 cm³/mol. The number of aromatic nitrogens is 2. The number of fused-ring (bicyclic) bond motifs is 1. The second kappa shape index (κ2) is 3.89. The van der Waals surface area contributed by atoms with Crippen LogP contribution in [0.2, 0.25) is 0 Å². The van der Waals surface area contributed by atoms with E-state index in [1.54, 1.807) is 12.1 Å². The molecule has 2 heterocycles. The van der Waals surface area contributed by atoms with Gasteiger partial charge >= 0.3 is 0 Å². The van der Waals surface area contributed by atoms with Crippen LogP contribution < -0.4 is 0 Å². The van der Waals surface area contributed by atoms with Crippen molar-refractivity contribution in [2.45, 2.75) is 0 Å². The van der Waals surface area contributed by atoms with Crippen LogP contribution in [0.25, 0.3) is 16.9 Å². The molecule has 2 aromatic heterocycles. The summed E-state index contributed by atoms with van der Waals surface area (Å²) in [6.45, 7) is 0. The molecular weight excluding hydrogens is 280 g/mol. The molecule has 4 heteroatoms. The molecule has 0 bridgehead atoms. The van der Waals surface area contributed by atoms with Gasteiger partial charge in [0.05, 0.1) is 5.69 Å². The summed E-state index contributed by atoms with van der Waals surface area (Å²) in [6.07, 6.45) is 3.92. The number of aromatic hydroxyl groups is 1. The quantitative estimate of drug-likeness (QED) is 0.744. The molecule has 0 aliphatic rings. The lowest BCUT2D eigenvalue weighted by atomic mass is 10.2. The van der Waals surface area contributed by atoms with Gasteiger partial charge in [-0.05, 0) is 36.4 Å². The van der Waals surface area contributed by atoms with E-state index in [1.165, 1.54) is 0 Å². The smallest absolute Gasteiger partial charge is 0.138 e. The van der Waals surface area contributed by atoms with Crippen molar-refractivity contribution >= 4 is 21.6 Å². The highest BCUT2D eigenvalue weighted by Crippen LogP contribution is 2.22. The maximum atomic E-state index is 9.25. The summed E-state index contributed by atoms with van der Waals surface area (Å²) in [4.78, 5) is 4.52. The number of benzene rings is 1. The Kier molecular flexibility index (Phi) is 2.37. The van der Waals surface area contributed by atoms with Crippen LogP contribution in [0, 0.1) is 0 Å². The van der Waals surface area contributed by atoms with E-state index in [0.29, 0.717) is 0 Å². The zero-order valence-electron chi connectivity index (χ0n) is 8.84. The first-order valence-electron chi connectivity index (χ1n) is 5.16. The number of pyridine rings is 1. The second-order valence-electron chi connectivity index (χ2n) is 3.78. The van der Waals surface area contributed by atoms with Crippen molar-refractivity contribution in [2.75, 3.05) is 0 Å². The Morgan fingerprint density at radius 3 is 2.65 bits per heavy atom. The predicted octanol–water partition coefficient (Wildman–Crippen LogP) is 3.47. The lowest BCUT2D eigenvalue weighted by molar-refractivity contribution is 0.475. The largest absolute Gasteiger partial charge is 0.508 e. The van der Waals surface area contributed by atoms with E-state index in [4.69, 9.17) is 0 Å². The number of nitrogens with zero attached hydrogens (tertiary/aromatic N) is 2. The number of phenols is 1. The number of phenolic OH excluding ortho intramolecular Hbond substituents is 1. The van der Waals surface area contributed by atoms with Crippen molar-refractivity contribution in [3.05, 3.63) is 53.3 Å². The summed E-state index contributed by atoms with van der Waals surface area (Å²) in [5.41, 5.74) is 2.77. The number of hydrogen-bond donors (Lipinski definition) is 1. The molecule has 0 atom stereocenters. The van der Waals surface area contributed by atoms with E-state index >= 15 is 0 Å². The van der Waals surface area contributed by atoms with Gasteiger partial charge < -0.3 is 9.51 Å². The normalized spacial score (nSPS) is 10.9. The Morgan fingerprint density at radius 1 is 1.12 bits per heavy atom. The lowest BCUT2D eigenvalue weighted by Gasteiger charge is -1.95. The Balaban J connectivity index is 2.14. The van der Waals surface area contributed by atoms with Crippen molar-refractivity contribution in [2.24, 2.45) is 0 Å². The molecule has 0 radical (unpaired) electrons. The number of halogens is 1. The molecule has 0 aliphatic carbocycles. The fourth-order valence-corrected chi connectivity index (χ4v) is 2.05. The fraction of sp³-hybridized carbons (Fsp3) is 0. The first-order valence-corrected chi connectivity index (χ1v) is 5.95. The van der Waals surface area contributed by atoms with Crippen LogP contribution in [0.4, 0.5) is 0 Å². The fourth-order valence-electron chi connectivity index (χ4n) is 1.73. The molecular formula is C13H9BrN2O. The van der Waals surface area contributed by atoms with E-state index in [1.807, 2.05) is 41.1 Å². The van der Waals surface area contributed by atoms with Crippen LogP contribution in [0.3, 0.4) is 0 Å². The van der Waals surface area contributed by atoms with Crippen molar-refractivity contribution in [3.63, 3.8) is 0 Å². The summed E-state index contributed by atoms with van der Waals surface area (Å²) < 4.78 is 2.97. The minimum Gasteiger partial charge on any atom is -0.508 e. The minimum atomic E-state index is 0.264. The van der Waals surface area contributed by atoms with E-state index in [0.717, 1.165) is 21.4 Å². The number of hydrogen-bond acceptors (Lipinski definition) is 2. The summed E-state index contributed by atoms with van der Waals surface area (Å²) >= 11 is 3.42. The Morgan fingerprint density at radius 2 is 1.88 bits per heavy atom. The van der Waals surface area contributed by atoms with E-state index in [9.17, 15) is 5.11 Å². The molecule has 0 fully saturated rings. The molecule has 1 N–H and O–H groups in total. The van der Waals surface area contributed by atoms with Gasteiger partial charge in [-0.25, -0.2) is 4.98 Å². The van der Waals surface area contributed by atoms with Crippen LogP contribution in [0.5, 0.6) is 5.75 Å². The van der Waals surface area contributed by atoms with Crippen LogP contribution in [-0.2, 0) is 0 Å². The second-order valence-corrected chi connectivity index (χ2v) is 4.70. The maximum Gasteiger partial charge on any atom is 0.138 e. The van der Waals surface area contributed by atoms with Gasteiger partial charge in [0.1, 0.15) is 11.4 Å². The van der Waals surface area contributed by atoms with E-state index < -0.39 is 0 Å². The van der Waals surface area contributed by atoms with Gasteiger partial charge in [-0.1, -0.05) is 15.9 Å². The summed E-state index contributed by atoms with van der Waals surface area (Å²) in [5.74, 6) is 0.264. The summed E-state index contributed by atoms with van der Waals surface area (Å²) in [5, 5.41) is 9.25. The molecule has 3 aromatic rings. The third kappa shape index (κ3) is 1.91. The van der Waals surface area contributed by atoms with Crippen molar-refractivity contribution in [1.29, 1.82) is 0 Å². The van der Waals surface area contributed by atoms with Crippen LogP contribution in [0.15, 0.2) is 53.3 Å². The first kappa shape index (κ1) is 10.4. The van der Waals surface area contributed by atoms with E-state index in [2.05, 4.69) is 20.9 Å². The Bertz CT molecular complexity index is 673. The summed E-state index contributed by atoms with van der Waals surface area (Å²) in [6, 6.07) is 11.0. The monoisotopic (exact) mass is 288 g/mol. The molecule has 3 rings (SSSR count). The highest BCUT2D eigenvalue weighted by Gasteiger charge is 2.04. The van der Waals surface area contributed by atoms with Gasteiger partial charge in [0, 0.05) is 22.4 Å². The highest BCUT2D eigenvalue weighted by atomic mass is 79.9. The standard InChI is InChI=1S/C13H9BrN2O/c14-10-5-6-16-8-12(15-13(16)7-10)9-1-3-11(17)4-2-9/h1-8,17H. The molecule has 0 aliphatic heterocycles. The zero-order valence-corrected chi connectivity index (χ0v) is 10.4. The molecule has 17 heavy (non-hydrogen) atoms. The molecule has 84 valence electrons. The average Bonchev–Trinajstić information content (AvgIpc) is 2.72. The molecule has 3 nitrogen and oxygen atoms in total. The molecule has 0 unspecified atom stereocenters. The zero-order chi connectivity index (χ0) is 11.8.